The van der Waals surface area contributed by atoms with Gasteiger partial charge in [-0.3, -0.25) is 0 Å². The van der Waals surface area contributed by atoms with Crippen molar-refractivity contribution in [3.63, 3.8) is 0 Å². The quantitative estimate of drug-likeness (QED) is 0.633. The summed E-state index contributed by atoms with van der Waals surface area (Å²) in [5.41, 5.74) is 7.56. The van der Waals surface area contributed by atoms with Crippen molar-refractivity contribution in [2.75, 3.05) is 0 Å². The van der Waals surface area contributed by atoms with E-state index in [2.05, 4.69) is 20.8 Å². The van der Waals surface area contributed by atoms with Crippen LogP contribution in [0.5, 0.6) is 0 Å². The van der Waals surface area contributed by atoms with Crippen molar-refractivity contribution in [3.8, 4) is 0 Å². The van der Waals surface area contributed by atoms with Crippen molar-refractivity contribution in [3.05, 3.63) is 11.1 Å². The first-order chi connectivity index (χ1) is 6.38. The molecule has 1 unspecified atom stereocenters. The van der Waals surface area contributed by atoms with Gasteiger partial charge in [-0.2, -0.15) is 0 Å². The highest BCUT2D eigenvalue weighted by molar-refractivity contribution is 5.26. The Balaban J connectivity index is 3.02. The molecule has 0 aromatic heterocycles. The number of rotatable bonds is 1. The second-order valence-corrected chi connectivity index (χ2v) is 5.04. The van der Waals surface area contributed by atoms with E-state index in [9.17, 15) is 5.11 Å². The summed E-state index contributed by atoms with van der Waals surface area (Å²) in [5.74, 6) is 0.578. The second-order valence-electron chi connectivity index (χ2n) is 5.04. The van der Waals surface area contributed by atoms with Gasteiger partial charge in [-0.15, -0.1) is 0 Å². The molecule has 82 valence electrons. The molecule has 0 radical (unpaired) electrons. The van der Waals surface area contributed by atoms with Crippen molar-refractivity contribution in [2.24, 2.45) is 11.7 Å². The SMILES string of the molecule is CC(C)=C1CC[C@@H](C)C[C@]1(O)C(C)N. The summed E-state index contributed by atoms with van der Waals surface area (Å²) < 4.78 is 0. The molecule has 1 aliphatic rings. The van der Waals surface area contributed by atoms with Crippen LogP contribution in [0.3, 0.4) is 0 Å². The zero-order valence-corrected chi connectivity index (χ0v) is 9.80. The van der Waals surface area contributed by atoms with Gasteiger partial charge >= 0.3 is 0 Å². The lowest BCUT2D eigenvalue weighted by molar-refractivity contribution is 0.0143. The molecule has 0 amide bonds. The van der Waals surface area contributed by atoms with Gasteiger partial charge in [0.1, 0.15) is 5.60 Å². The predicted octanol–water partition coefficient (Wildman–Crippen LogP) is 2.22. The molecular weight excluding hydrogens is 174 g/mol. The Morgan fingerprint density at radius 3 is 2.57 bits per heavy atom. The van der Waals surface area contributed by atoms with Crippen LogP contribution in [0.15, 0.2) is 11.1 Å². The summed E-state index contributed by atoms with van der Waals surface area (Å²) in [4.78, 5) is 0. The lowest BCUT2D eigenvalue weighted by atomic mass is 9.70. The van der Waals surface area contributed by atoms with E-state index in [0.717, 1.165) is 12.8 Å². The smallest absolute Gasteiger partial charge is 0.101 e. The van der Waals surface area contributed by atoms with Crippen LogP contribution in [0.4, 0.5) is 0 Å². The molecule has 3 N–H and O–H groups in total. The Labute approximate surface area is 87.2 Å². The average Bonchev–Trinajstić information content (AvgIpc) is 2.02. The van der Waals surface area contributed by atoms with Crippen molar-refractivity contribution in [1.82, 2.24) is 0 Å². The summed E-state index contributed by atoms with van der Waals surface area (Å²) >= 11 is 0. The summed E-state index contributed by atoms with van der Waals surface area (Å²) in [6.07, 6.45) is 2.99. The normalized spacial score (nSPS) is 35.6. The Morgan fingerprint density at radius 2 is 2.14 bits per heavy atom. The number of hydrogen-bond donors (Lipinski definition) is 2. The number of hydrogen-bond acceptors (Lipinski definition) is 2. The third-order valence-electron chi connectivity index (χ3n) is 3.43. The van der Waals surface area contributed by atoms with Crippen molar-refractivity contribution < 1.29 is 5.11 Å². The van der Waals surface area contributed by atoms with Crippen LogP contribution in [0.2, 0.25) is 0 Å². The highest BCUT2D eigenvalue weighted by Gasteiger charge is 2.40. The molecule has 0 saturated heterocycles. The monoisotopic (exact) mass is 197 g/mol. The van der Waals surface area contributed by atoms with E-state index in [1.165, 1.54) is 17.6 Å². The molecule has 2 nitrogen and oxygen atoms in total. The van der Waals surface area contributed by atoms with Crippen molar-refractivity contribution in [2.45, 2.75) is 58.6 Å². The molecule has 2 heteroatoms. The Morgan fingerprint density at radius 1 is 1.57 bits per heavy atom. The van der Waals surface area contributed by atoms with E-state index in [-0.39, 0.29) is 6.04 Å². The van der Waals surface area contributed by atoms with Crippen LogP contribution in [0.25, 0.3) is 0 Å². The molecule has 0 aromatic rings. The molecular formula is C12H23NO. The molecule has 0 aliphatic heterocycles. The molecule has 0 aromatic carbocycles. The maximum absolute atomic E-state index is 10.6. The minimum atomic E-state index is -0.753. The van der Waals surface area contributed by atoms with Gasteiger partial charge in [-0.25, -0.2) is 0 Å². The van der Waals surface area contributed by atoms with Gasteiger partial charge in [0.25, 0.3) is 0 Å². The highest BCUT2D eigenvalue weighted by atomic mass is 16.3. The van der Waals surface area contributed by atoms with Crippen LogP contribution in [-0.2, 0) is 0 Å². The van der Waals surface area contributed by atoms with Gasteiger partial charge in [0.15, 0.2) is 0 Å². The van der Waals surface area contributed by atoms with Crippen LogP contribution in [-0.4, -0.2) is 16.7 Å². The fourth-order valence-electron chi connectivity index (χ4n) is 2.51. The van der Waals surface area contributed by atoms with Gasteiger partial charge in [-0.1, -0.05) is 12.5 Å². The van der Waals surface area contributed by atoms with Crippen LogP contribution < -0.4 is 5.73 Å². The molecule has 1 saturated carbocycles. The Hall–Kier alpha value is -0.340. The van der Waals surface area contributed by atoms with E-state index in [1.807, 2.05) is 6.92 Å². The van der Waals surface area contributed by atoms with Crippen molar-refractivity contribution >= 4 is 0 Å². The van der Waals surface area contributed by atoms with Gasteiger partial charge < -0.3 is 10.8 Å². The largest absolute Gasteiger partial charge is 0.384 e. The zero-order valence-electron chi connectivity index (χ0n) is 9.80. The third-order valence-corrected chi connectivity index (χ3v) is 3.43. The van der Waals surface area contributed by atoms with Crippen molar-refractivity contribution in [1.29, 1.82) is 0 Å². The second kappa shape index (κ2) is 4.03. The highest BCUT2D eigenvalue weighted by Crippen LogP contribution is 2.39. The maximum Gasteiger partial charge on any atom is 0.101 e. The van der Waals surface area contributed by atoms with E-state index in [1.54, 1.807) is 0 Å². The molecule has 0 heterocycles. The summed E-state index contributed by atoms with van der Waals surface area (Å²) in [6.45, 7) is 8.23. The molecule has 0 spiro atoms. The van der Waals surface area contributed by atoms with Gasteiger partial charge in [0, 0.05) is 6.04 Å². The van der Waals surface area contributed by atoms with E-state index in [4.69, 9.17) is 5.73 Å². The van der Waals surface area contributed by atoms with Gasteiger partial charge in [0.05, 0.1) is 0 Å². The summed E-state index contributed by atoms with van der Waals surface area (Å²) in [5, 5.41) is 10.6. The zero-order chi connectivity index (χ0) is 10.9. The fourth-order valence-corrected chi connectivity index (χ4v) is 2.51. The van der Waals surface area contributed by atoms with E-state index < -0.39 is 5.60 Å². The minimum Gasteiger partial charge on any atom is -0.384 e. The maximum atomic E-state index is 10.6. The molecule has 1 rings (SSSR count). The van der Waals surface area contributed by atoms with Crippen LogP contribution in [0, 0.1) is 5.92 Å². The molecule has 0 bridgehead atoms. The third kappa shape index (κ3) is 2.01. The fraction of sp³-hybridized carbons (Fsp3) is 0.833. The number of allylic oxidation sites excluding steroid dienone is 1. The standard InChI is InChI=1S/C12H23NO/c1-8(2)11-6-5-9(3)7-12(11,14)10(4)13/h9-10,14H,5-7,13H2,1-4H3/t9-,10?,12+/m1/s1. The number of aliphatic hydroxyl groups is 1. The Kier molecular flexibility index (Phi) is 3.38. The summed E-state index contributed by atoms with van der Waals surface area (Å²) in [6, 6.07) is -0.171. The van der Waals surface area contributed by atoms with Crippen LogP contribution >= 0.6 is 0 Å². The molecule has 3 atom stereocenters. The van der Waals surface area contributed by atoms with E-state index >= 15 is 0 Å². The topological polar surface area (TPSA) is 46.2 Å². The summed E-state index contributed by atoms with van der Waals surface area (Å²) in [7, 11) is 0. The number of nitrogens with two attached hydrogens (primary N) is 1. The predicted molar refractivity (Wildman–Crippen MR) is 60.0 cm³/mol. The molecule has 14 heavy (non-hydrogen) atoms. The first-order valence-electron chi connectivity index (χ1n) is 5.52. The first kappa shape index (κ1) is 11.7. The van der Waals surface area contributed by atoms with Crippen LogP contribution in [0.1, 0.15) is 47.0 Å². The minimum absolute atomic E-state index is 0.171. The Bertz CT molecular complexity index is 241. The van der Waals surface area contributed by atoms with Gasteiger partial charge in [0.2, 0.25) is 0 Å². The first-order valence-corrected chi connectivity index (χ1v) is 5.52. The molecule has 1 fully saturated rings. The molecule has 1 aliphatic carbocycles. The lowest BCUT2D eigenvalue weighted by Gasteiger charge is -2.41. The lowest BCUT2D eigenvalue weighted by Crippen LogP contribution is -2.51. The van der Waals surface area contributed by atoms with E-state index in [0.29, 0.717) is 5.92 Å². The average molecular weight is 197 g/mol. The van der Waals surface area contributed by atoms with Gasteiger partial charge in [-0.05, 0) is 51.5 Å².